The molecule has 1 saturated heterocycles. The van der Waals surface area contributed by atoms with Gasteiger partial charge in [0.05, 0.1) is 25.7 Å². The minimum Gasteiger partial charge on any atom is -0.469 e. The Labute approximate surface area is 91.3 Å². The fraction of sp³-hybridized carbons (Fsp3) is 0.909. The monoisotopic (exact) mass is 215 g/mol. The zero-order valence-corrected chi connectivity index (χ0v) is 9.67. The lowest BCUT2D eigenvalue weighted by Crippen LogP contribution is -2.53. The maximum Gasteiger partial charge on any atom is 0.307 e. The molecule has 4 heteroatoms. The number of esters is 1. The van der Waals surface area contributed by atoms with Gasteiger partial charge in [-0.05, 0) is 25.8 Å². The Bertz CT molecular complexity index is 200. The van der Waals surface area contributed by atoms with E-state index in [0.29, 0.717) is 13.0 Å². The van der Waals surface area contributed by atoms with Crippen LogP contribution in [0.1, 0.15) is 32.6 Å². The molecule has 0 aromatic rings. The Morgan fingerprint density at radius 3 is 2.93 bits per heavy atom. The maximum atomic E-state index is 11.3. The molecule has 1 rings (SSSR count). The molecule has 1 aliphatic rings. The highest BCUT2D eigenvalue weighted by atomic mass is 16.5. The summed E-state index contributed by atoms with van der Waals surface area (Å²) in [6.07, 6.45) is 3.46. The summed E-state index contributed by atoms with van der Waals surface area (Å²) in [7, 11) is 1.43. The Kier molecular flexibility index (Phi) is 5.05. The van der Waals surface area contributed by atoms with Crippen LogP contribution in [0.3, 0.4) is 0 Å². The predicted octanol–water partition coefficient (Wildman–Crippen LogP) is 1.10. The van der Waals surface area contributed by atoms with Crippen LogP contribution >= 0.6 is 0 Å². The normalized spacial score (nSPS) is 26.3. The first-order chi connectivity index (χ1) is 7.22. The second kappa shape index (κ2) is 6.08. The van der Waals surface area contributed by atoms with Gasteiger partial charge < -0.3 is 14.8 Å². The molecular formula is C11H21NO3. The summed E-state index contributed by atoms with van der Waals surface area (Å²) in [5, 5.41) is 3.42. The summed E-state index contributed by atoms with van der Waals surface area (Å²) < 4.78 is 10.2. The smallest absolute Gasteiger partial charge is 0.307 e. The van der Waals surface area contributed by atoms with Crippen LogP contribution in [0.2, 0.25) is 0 Å². The summed E-state index contributed by atoms with van der Waals surface area (Å²) in [6, 6.07) is 0. The van der Waals surface area contributed by atoms with E-state index in [0.717, 1.165) is 32.4 Å². The number of hydrogen-bond donors (Lipinski definition) is 1. The van der Waals surface area contributed by atoms with Crippen molar-refractivity contribution >= 4 is 5.97 Å². The number of hydrogen-bond acceptors (Lipinski definition) is 4. The first-order valence-corrected chi connectivity index (χ1v) is 5.62. The van der Waals surface area contributed by atoms with Crippen molar-refractivity contribution in [2.45, 2.75) is 38.1 Å². The first-order valence-electron chi connectivity index (χ1n) is 5.62. The average molecular weight is 215 g/mol. The van der Waals surface area contributed by atoms with Gasteiger partial charge in [0, 0.05) is 6.61 Å². The molecule has 1 aliphatic heterocycles. The number of carbonyl (C=O) groups is 1. The quantitative estimate of drug-likeness (QED) is 0.698. The van der Waals surface area contributed by atoms with Gasteiger partial charge in [-0.3, -0.25) is 4.79 Å². The molecule has 88 valence electrons. The van der Waals surface area contributed by atoms with Crippen LogP contribution in [0.25, 0.3) is 0 Å². The SMILES string of the molecule is CCCNC1(CC(=O)OC)CCCOC1. The Morgan fingerprint density at radius 2 is 2.40 bits per heavy atom. The molecule has 15 heavy (non-hydrogen) atoms. The third-order valence-corrected chi connectivity index (χ3v) is 2.78. The highest BCUT2D eigenvalue weighted by Gasteiger charge is 2.34. The lowest BCUT2D eigenvalue weighted by molar-refractivity contribution is -0.144. The molecule has 0 saturated carbocycles. The molecule has 1 fully saturated rings. The molecule has 0 aliphatic carbocycles. The largest absolute Gasteiger partial charge is 0.469 e. The van der Waals surface area contributed by atoms with E-state index < -0.39 is 0 Å². The fourth-order valence-corrected chi connectivity index (χ4v) is 1.93. The van der Waals surface area contributed by atoms with Gasteiger partial charge in [-0.1, -0.05) is 6.92 Å². The third kappa shape index (κ3) is 3.80. The zero-order valence-electron chi connectivity index (χ0n) is 9.67. The standard InChI is InChI=1S/C11H21NO3/c1-3-6-12-11(8-10(13)14-2)5-4-7-15-9-11/h12H,3-9H2,1-2H3. The van der Waals surface area contributed by atoms with Crippen molar-refractivity contribution in [3.05, 3.63) is 0 Å². The highest BCUT2D eigenvalue weighted by molar-refractivity contribution is 5.70. The molecule has 1 atom stereocenters. The number of carbonyl (C=O) groups excluding carboxylic acids is 1. The van der Waals surface area contributed by atoms with Crippen LogP contribution < -0.4 is 5.32 Å². The van der Waals surface area contributed by atoms with E-state index in [1.807, 2.05) is 0 Å². The van der Waals surface area contributed by atoms with E-state index in [1.165, 1.54) is 7.11 Å². The molecule has 0 radical (unpaired) electrons. The summed E-state index contributed by atoms with van der Waals surface area (Å²) in [6.45, 7) is 4.45. The maximum absolute atomic E-state index is 11.3. The summed E-state index contributed by atoms with van der Waals surface area (Å²) >= 11 is 0. The molecule has 0 spiro atoms. The Balaban J connectivity index is 2.53. The van der Waals surface area contributed by atoms with E-state index in [9.17, 15) is 4.79 Å². The Hall–Kier alpha value is -0.610. The highest BCUT2D eigenvalue weighted by Crippen LogP contribution is 2.23. The molecule has 0 aromatic carbocycles. The van der Waals surface area contributed by atoms with E-state index in [-0.39, 0.29) is 11.5 Å². The zero-order chi connectivity index (χ0) is 11.1. The summed E-state index contributed by atoms with van der Waals surface area (Å²) in [5.74, 6) is -0.163. The van der Waals surface area contributed by atoms with Gasteiger partial charge in [0.25, 0.3) is 0 Å². The van der Waals surface area contributed by atoms with Gasteiger partial charge in [0.1, 0.15) is 0 Å². The van der Waals surface area contributed by atoms with Crippen LogP contribution in [0.5, 0.6) is 0 Å². The van der Waals surface area contributed by atoms with E-state index in [2.05, 4.69) is 12.2 Å². The topological polar surface area (TPSA) is 47.6 Å². The number of methoxy groups -OCH3 is 1. The summed E-state index contributed by atoms with van der Waals surface area (Å²) in [4.78, 5) is 11.3. The van der Waals surface area contributed by atoms with Gasteiger partial charge in [0.15, 0.2) is 0 Å². The second-order valence-electron chi connectivity index (χ2n) is 4.12. The van der Waals surface area contributed by atoms with Crippen molar-refractivity contribution in [2.24, 2.45) is 0 Å². The second-order valence-corrected chi connectivity index (χ2v) is 4.12. The van der Waals surface area contributed by atoms with Gasteiger partial charge in [-0.15, -0.1) is 0 Å². The van der Waals surface area contributed by atoms with E-state index in [4.69, 9.17) is 9.47 Å². The average Bonchev–Trinajstić information content (AvgIpc) is 2.27. The number of nitrogens with one attached hydrogen (secondary N) is 1. The van der Waals surface area contributed by atoms with Crippen molar-refractivity contribution in [1.82, 2.24) is 5.32 Å². The van der Waals surface area contributed by atoms with Crippen molar-refractivity contribution in [3.8, 4) is 0 Å². The third-order valence-electron chi connectivity index (χ3n) is 2.78. The predicted molar refractivity (Wildman–Crippen MR) is 57.7 cm³/mol. The molecule has 4 nitrogen and oxygen atoms in total. The van der Waals surface area contributed by atoms with Crippen molar-refractivity contribution in [1.29, 1.82) is 0 Å². The van der Waals surface area contributed by atoms with E-state index >= 15 is 0 Å². The Morgan fingerprint density at radius 1 is 1.60 bits per heavy atom. The fourth-order valence-electron chi connectivity index (χ4n) is 1.93. The number of ether oxygens (including phenoxy) is 2. The molecule has 0 aromatic heterocycles. The van der Waals surface area contributed by atoms with Gasteiger partial charge in [-0.25, -0.2) is 0 Å². The van der Waals surface area contributed by atoms with Crippen molar-refractivity contribution < 1.29 is 14.3 Å². The molecule has 1 heterocycles. The van der Waals surface area contributed by atoms with Crippen LogP contribution in [0.4, 0.5) is 0 Å². The van der Waals surface area contributed by atoms with Crippen LogP contribution in [0.15, 0.2) is 0 Å². The summed E-state index contributed by atoms with van der Waals surface area (Å²) in [5.41, 5.74) is -0.193. The van der Waals surface area contributed by atoms with E-state index in [1.54, 1.807) is 0 Å². The lowest BCUT2D eigenvalue weighted by Gasteiger charge is -2.37. The molecule has 0 amide bonds. The lowest BCUT2D eigenvalue weighted by atomic mass is 9.88. The molecular weight excluding hydrogens is 194 g/mol. The van der Waals surface area contributed by atoms with Crippen molar-refractivity contribution in [2.75, 3.05) is 26.9 Å². The van der Waals surface area contributed by atoms with Crippen LogP contribution in [0, 0.1) is 0 Å². The first kappa shape index (κ1) is 12.5. The molecule has 1 unspecified atom stereocenters. The molecule has 1 N–H and O–H groups in total. The van der Waals surface area contributed by atoms with Gasteiger partial charge in [0.2, 0.25) is 0 Å². The van der Waals surface area contributed by atoms with Crippen LogP contribution in [-0.2, 0) is 14.3 Å². The van der Waals surface area contributed by atoms with Crippen LogP contribution in [-0.4, -0.2) is 38.4 Å². The van der Waals surface area contributed by atoms with Crippen molar-refractivity contribution in [3.63, 3.8) is 0 Å². The minimum absolute atomic E-state index is 0.163. The van der Waals surface area contributed by atoms with Gasteiger partial charge >= 0.3 is 5.97 Å². The minimum atomic E-state index is -0.193. The number of rotatable bonds is 5. The van der Waals surface area contributed by atoms with Gasteiger partial charge in [-0.2, -0.15) is 0 Å². The molecule has 0 bridgehead atoms.